The number of Topliss-reactive ketones (excluding diaryl/α,β-unsaturated/α-hetero) is 1. The van der Waals surface area contributed by atoms with Gasteiger partial charge >= 0.3 is 0 Å². The molecule has 2 fully saturated rings. The zero-order valence-corrected chi connectivity index (χ0v) is 14.6. The third kappa shape index (κ3) is 2.72. The number of nitrogens with one attached hydrogen (secondary N) is 1. The SMILES string of the molecule is CC(C)(C)[C@H]1OC[C@]2(C)C(=O)C(C(=O)Nc3cccc(F)c3)C(=O)N12. The highest BCUT2D eigenvalue weighted by molar-refractivity contribution is 6.27. The average Bonchev–Trinajstić information content (AvgIpc) is 2.93. The Morgan fingerprint density at radius 3 is 2.64 bits per heavy atom. The number of amides is 2. The molecule has 3 rings (SSSR count). The summed E-state index contributed by atoms with van der Waals surface area (Å²) in [5.41, 5.74) is -1.35. The number of rotatable bonds is 2. The van der Waals surface area contributed by atoms with Gasteiger partial charge in [0, 0.05) is 11.1 Å². The Hall–Kier alpha value is -2.28. The largest absolute Gasteiger partial charge is 0.355 e. The number of nitrogens with zero attached hydrogens (tertiary/aromatic N) is 1. The maximum absolute atomic E-state index is 13.3. The van der Waals surface area contributed by atoms with Crippen LogP contribution >= 0.6 is 0 Å². The van der Waals surface area contributed by atoms with E-state index < -0.39 is 46.5 Å². The molecular formula is C18H21FN2O4. The quantitative estimate of drug-likeness (QED) is 0.829. The van der Waals surface area contributed by atoms with E-state index in [0.717, 1.165) is 6.07 Å². The third-order valence-corrected chi connectivity index (χ3v) is 4.66. The Bertz CT molecular complexity index is 758. The number of halogens is 1. The van der Waals surface area contributed by atoms with Gasteiger partial charge in [-0.15, -0.1) is 0 Å². The van der Waals surface area contributed by atoms with Gasteiger partial charge in [0.1, 0.15) is 17.6 Å². The summed E-state index contributed by atoms with van der Waals surface area (Å²) in [4.78, 5) is 39.6. The van der Waals surface area contributed by atoms with Crippen molar-refractivity contribution in [1.29, 1.82) is 0 Å². The van der Waals surface area contributed by atoms with E-state index in [0.29, 0.717) is 0 Å². The number of fused-ring (bicyclic) bond motifs is 1. The summed E-state index contributed by atoms with van der Waals surface area (Å²) in [6.45, 7) is 7.39. The van der Waals surface area contributed by atoms with Gasteiger partial charge in [-0.05, 0) is 25.1 Å². The van der Waals surface area contributed by atoms with E-state index in [2.05, 4.69) is 5.32 Å². The molecule has 6 nitrogen and oxygen atoms in total. The summed E-state index contributed by atoms with van der Waals surface area (Å²) in [6, 6.07) is 5.30. The van der Waals surface area contributed by atoms with Crippen LogP contribution in [0.1, 0.15) is 27.7 Å². The van der Waals surface area contributed by atoms with Crippen LogP contribution < -0.4 is 5.32 Å². The van der Waals surface area contributed by atoms with E-state index in [9.17, 15) is 18.8 Å². The maximum Gasteiger partial charge on any atom is 0.245 e. The van der Waals surface area contributed by atoms with Gasteiger partial charge in [0.25, 0.3) is 0 Å². The fraction of sp³-hybridized carbons (Fsp3) is 0.500. The number of carbonyl (C=O) groups is 3. The van der Waals surface area contributed by atoms with Crippen LogP contribution in [0.25, 0.3) is 0 Å². The van der Waals surface area contributed by atoms with Gasteiger partial charge in [-0.2, -0.15) is 0 Å². The highest BCUT2D eigenvalue weighted by atomic mass is 19.1. The zero-order chi connectivity index (χ0) is 18.6. The number of benzene rings is 1. The monoisotopic (exact) mass is 348 g/mol. The smallest absolute Gasteiger partial charge is 0.245 e. The van der Waals surface area contributed by atoms with Crippen LogP contribution in [0.5, 0.6) is 0 Å². The lowest BCUT2D eigenvalue weighted by atomic mass is 9.91. The predicted octanol–water partition coefficient (Wildman–Crippen LogP) is 1.95. The minimum Gasteiger partial charge on any atom is -0.355 e. The molecule has 2 aliphatic heterocycles. The van der Waals surface area contributed by atoms with E-state index in [-0.39, 0.29) is 12.3 Å². The minimum atomic E-state index is -1.44. The lowest BCUT2D eigenvalue weighted by molar-refractivity contribution is -0.146. The molecule has 2 heterocycles. The van der Waals surface area contributed by atoms with Gasteiger partial charge in [-0.25, -0.2) is 4.39 Å². The van der Waals surface area contributed by atoms with Gasteiger partial charge < -0.3 is 15.0 Å². The van der Waals surface area contributed by atoms with Crippen LogP contribution in [-0.2, 0) is 19.1 Å². The first-order valence-electron chi connectivity index (χ1n) is 8.11. The van der Waals surface area contributed by atoms with Gasteiger partial charge in [0.2, 0.25) is 11.8 Å². The molecule has 2 amide bonds. The molecule has 0 saturated carbocycles. The zero-order valence-electron chi connectivity index (χ0n) is 14.6. The highest BCUT2D eigenvalue weighted by Gasteiger charge is 2.65. The van der Waals surface area contributed by atoms with Crippen LogP contribution in [-0.4, -0.2) is 40.9 Å². The summed E-state index contributed by atoms with van der Waals surface area (Å²) in [5, 5.41) is 2.46. The first-order valence-corrected chi connectivity index (χ1v) is 8.11. The molecule has 3 atom stereocenters. The molecule has 25 heavy (non-hydrogen) atoms. The number of ether oxygens (including phenoxy) is 1. The van der Waals surface area contributed by atoms with Crippen molar-refractivity contribution in [1.82, 2.24) is 4.90 Å². The van der Waals surface area contributed by atoms with E-state index in [1.54, 1.807) is 6.92 Å². The van der Waals surface area contributed by atoms with Crippen molar-refractivity contribution >= 4 is 23.3 Å². The van der Waals surface area contributed by atoms with Crippen molar-refractivity contribution in [2.75, 3.05) is 11.9 Å². The second kappa shape index (κ2) is 5.62. The molecule has 0 spiro atoms. The van der Waals surface area contributed by atoms with Crippen LogP contribution in [0.15, 0.2) is 24.3 Å². The van der Waals surface area contributed by atoms with Gasteiger partial charge in [0.05, 0.1) is 6.61 Å². The van der Waals surface area contributed by atoms with Crippen molar-refractivity contribution < 1.29 is 23.5 Å². The second-order valence-corrected chi connectivity index (χ2v) is 7.81. The predicted molar refractivity (Wildman–Crippen MR) is 88.0 cm³/mol. The number of anilines is 1. The Balaban J connectivity index is 1.88. The lowest BCUT2D eigenvalue weighted by Gasteiger charge is -2.35. The molecule has 2 aliphatic rings. The molecule has 134 valence electrons. The van der Waals surface area contributed by atoms with Gasteiger partial charge in [-0.3, -0.25) is 14.4 Å². The number of hydrogen-bond donors (Lipinski definition) is 1. The minimum absolute atomic E-state index is 0.0588. The van der Waals surface area contributed by atoms with Crippen molar-refractivity contribution in [3.63, 3.8) is 0 Å². The summed E-state index contributed by atoms with van der Waals surface area (Å²) in [7, 11) is 0. The Morgan fingerprint density at radius 2 is 2.04 bits per heavy atom. The standard InChI is InChI=1S/C18H21FN2O4/c1-17(2,3)16-21-15(24)12(13(22)18(21,4)9-25-16)14(23)20-11-7-5-6-10(19)8-11/h5-8,12,16H,9H2,1-4H3,(H,20,23)/t12?,16-,18-/m1/s1. The average molecular weight is 348 g/mol. The fourth-order valence-electron chi connectivity index (χ4n) is 3.40. The van der Waals surface area contributed by atoms with Crippen molar-refractivity contribution in [3.8, 4) is 0 Å². The topological polar surface area (TPSA) is 75.7 Å². The summed E-state index contributed by atoms with van der Waals surface area (Å²) >= 11 is 0. The third-order valence-electron chi connectivity index (χ3n) is 4.66. The molecule has 0 aromatic heterocycles. The molecule has 0 bridgehead atoms. The first-order chi connectivity index (χ1) is 11.6. The molecule has 7 heteroatoms. The number of ketones is 1. The van der Waals surface area contributed by atoms with Crippen LogP contribution in [0.4, 0.5) is 10.1 Å². The Kier molecular flexibility index (Phi) is 3.95. The van der Waals surface area contributed by atoms with E-state index in [1.165, 1.54) is 23.1 Å². The first kappa shape index (κ1) is 17.5. The fourth-order valence-corrected chi connectivity index (χ4v) is 3.40. The molecule has 2 saturated heterocycles. The summed E-state index contributed by atoms with van der Waals surface area (Å²) < 4.78 is 19.0. The normalized spacial score (nSPS) is 29.1. The van der Waals surface area contributed by atoms with Crippen molar-refractivity contribution in [2.45, 2.75) is 39.5 Å². The van der Waals surface area contributed by atoms with E-state index in [4.69, 9.17) is 4.74 Å². The second-order valence-electron chi connectivity index (χ2n) is 7.81. The van der Waals surface area contributed by atoms with Gasteiger partial charge in [-0.1, -0.05) is 26.8 Å². The highest BCUT2D eigenvalue weighted by Crippen LogP contribution is 2.43. The van der Waals surface area contributed by atoms with Crippen LogP contribution in [0, 0.1) is 17.2 Å². The number of hydrogen-bond acceptors (Lipinski definition) is 4. The van der Waals surface area contributed by atoms with E-state index in [1.807, 2.05) is 20.8 Å². The molecule has 1 aromatic rings. The Labute approximate surface area is 145 Å². The van der Waals surface area contributed by atoms with Crippen LogP contribution in [0.2, 0.25) is 0 Å². The molecule has 0 radical (unpaired) electrons. The summed E-state index contributed by atoms with van der Waals surface area (Å²) in [5.74, 6) is -3.77. The van der Waals surface area contributed by atoms with Gasteiger partial charge in [0.15, 0.2) is 11.7 Å². The summed E-state index contributed by atoms with van der Waals surface area (Å²) in [6.07, 6.45) is -0.582. The van der Waals surface area contributed by atoms with E-state index >= 15 is 0 Å². The number of carbonyl (C=O) groups excluding carboxylic acids is 3. The Morgan fingerprint density at radius 1 is 1.36 bits per heavy atom. The molecule has 1 aromatic carbocycles. The molecule has 1 N–H and O–H groups in total. The maximum atomic E-state index is 13.3. The van der Waals surface area contributed by atoms with Crippen molar-refractivity contribution in [2.24, 2.45) is 11.3 Å². The van der Waals surface area contributed by atoms with Crippen LogP contribution in [0.3, 0.4) is 0 Å². The van der Waals surface area contributed by atoms with Crippen molar-refractivity contribution in [3.05, 3.63) is 30.1 Å². The molecular weight excluding hydrogens is 327 g/mol. The molecule has 1 unspecified atom stereocenters. The molecule has 0 aliphatic carbocycles. The lowest BCUT2D eigenvalue weighted by Crippen LogP contribution is -2.50.